The molecule has 7 heteroatoms. The molecule has 0 spiro atoms. The summed E-state index contributed by atoms with van der Waals surface area (Å²) >= 11 is 5.91. The van der Waals surface area contributed by atoms with Crippen molar-refractivity contribution in [3.8, 4) is 22.8 Å². The van der Waals surface area contributed by atoms with Crippen molar-refractivity contribution in [2.75, 3.05) is 7.11 Å². The maximum atomic E-state index is 11.4. The number of aromatic nitrogens is 3. The number of carbonyl (C=O) groups excluding carboxylic acids is 1. The van der Waals surface area contributed by atoms with Crippen LogP contribution in [0.15, 0.2) is 48.5 Å². The number of hydrogen-bond acceptors (Lipinski definition) is 4. The first-order valence-corrected chi connectivity index (χ1v) is 7.13. The van der Waals surface area contributed by atoms with E-state index in [0.29, 0.717) is 10.8 Å². The predicted molar refractivity (Wildman–Crippen MR) is 86.9 cm³/mol. The number of rotatable bonds is 4. The van der Waals surface area contributed by atoms with Gasteiger partial charge < -0.3 is 10.5 Å². The van der Waals surface area contributed by atoms with Gasteiger partial charge in [-0.05, 0) is 48.5 Å². The first kappa shape index (κ1) is 15.1. The third kappa shape index (κ3) is 3.02. The fourth-order valence-electron chi connectivity index (χ4n) is 2.11. The highest BCUT2D eigenvalue weighted by atomic mass is 35.5. The van der Waals surface area contributed by atoms with E-state index in [-0.39, 0.29) is 5.82 Å². The van der Waals surface area contributed by atoms with Crippen molar-refractivity contribution < 1.29 is 9.53 Å². The molecule has 0 atom stereocenters. The van der Waals surface area contributed by atoms with Crippen molar-refractivity contribution in [3.05, 3.63) is 59.4 Å². The molecule has 0 saturated heterocycles. The molecule has 2 N–H and O–H groups in total. The Hall–Kier alpha value is -2.86. The lowest BCUT2D eigenvalue weighted by Crippen LogP contribution is -2.13. The van der Waals surface area contributed by atoms with Crippen LogP contribution in [0.2, 0.25) is 5.02 Å². The second kappa shape index (κ2) is 6.10. The molecule has 1 amide bonds. The minimum absolute atomic E-state index is 0.0502. The van der Waals surface area contributed by atoms with E-state index in [4.69, 9.17) is 22.1 Å². The SMILES string of the molecule is COc1ccc(-n2nc(C(N)=O)nc2-c2ccc(Cl)cc2)cc1. The van der Waals surface area contributed by atoms with Crippen LogP contribution in [0.1, 0.15) is 10.6 Å². The molecule has 6 nitrogen and oxygen atoms in total. The Kier molecular flexibility index (Phi) is 3.99. The molecule has 3 aromatic rings. The number of primary amides is 1. The fourth-order valence-corrected chi connectivity index (χ4v) is 2.23. The van der Waals surface area contributed by atoms with Gasteiger partial charge in [0.05, 0.1) is 12.8 Å². The van der Waals surface area contributed by atoms with Crippen molar-refractivity contribution in [1.82, 2.24) is 14.8 Å². The van der Waals surface area contributed by atoms with E-state index in [9.17, 15) is 4.79 Å². The largest absolute Gasteiger partial charge is 0.497 e. The third-order valence-corrected chi connectivity index (χ3v) is 3.50. The van der Waals surface area contributed by atoms with Crippen LogP contribution in [0, 0.1) is 0 Å². The van der Waals surface area contributed by atoms with E-state index in [1.807, 2.05) is 12.1 Å². The van der Waals surface area contributed by atoms with E-state index >= 15 is 0 Å². The van der Waals surface area contributed by atoms with Gasteiger partial charge in [0.2, 0.25) is 5.82 Å². The van der Waals surface area contributed by atoms with Gasteiger partial charge >= 0.3 is 0 Å². The zero-order chi connectivity index (χ0) is 16.4. The van der Waals surface area contributed by atoms with E-state index in [0.717, 1.165) is 17.0 Å². The molecule has 0 unspecified atom stereocenters. The standard InChI is InChI=1S/C16H13ClN4O2/c1-23-13-8-6-12(7-9-13)21-16(19-15(20-21)14(18)22)10-2-4-11(17)5-3-10/h2-9H,1H3,(H2,18,22). The summed E-state index contributed by atoms with van der Waals surface area (Å²) in [7, 11) is 1.59. The van der Waals surface area contributed by atoms with E-state index in [1.165, 1.54) is 0 Å². The van der Waals surface area contributed by atoms with Gasteiger partial charge in [-0.15, -0.1) is 5.10 Å². The number of amides is 1. The molecular weight excluding hydrogens is 316 g/mol. The Balaban J connectivity index is 2.13. The second-order valence-corrected chi connectivity index (χ2v) is 5.18. The number of ether oxygens (including phenoxy) is 1. The Bertz CT molecular complexity index is 842. The van der Waals surface area contributed by atoms with E-state index < -0.39 is 5.91 Å². The van der Waals surface area contributed by atoms with Gasteiger partial charge in [-0.3, -0.25) is 4.79 Å². The number of hydrogen-bond donors (Lipinski definition) is 1. The molecular formula is C16H13ClN4O2. The lowest BCUT2D eigenvalue weighted by molar-refractivity contribution is 0.0990. The Labute approximate surface area is 137 Å². The molecule has 116 valence electrons. The summed E-state index contributed by atoms with van der Waals surface area (Å²) in [6, 6.07) is 14.3. The first-order chi connectivity index (χ1) is 11.1. The molecule has 1 heterocycles. The summed E-state index contributed by atoms with van der Waals surface area (Å²) in [6.07, 6.45) is 0. The number of nitrogens with two attached hydrogens (primary N) is 1. The lowest BCUT2D eigenvalue weighted by atomic mass is 10.2. The van der Waals surface area contributed by atoms with Gasteiger partial charge in [0.15, 0.2) is 5.82 Å². The molecule has 0 aliphatic rings. The molecule has 0 aliphatic heterocycles. The minimum Gasteiger partial charge on any atom is -0.497 e. The van der Waals surface area contributed by atoms with Crippen molar-refractivity contribution >= 4 is 17.5 Å². The molecule has 0 fully saturated rings. The number of halogens is 1. The number of benzene rings is 2. The van der Waals surface area contributed by atoms with Crippen LogP contribution in [0.25, 0.3) is 17.1 Å². The van der Waals surface area contributed by atoms with Crippen molar-refractivity contribution in [2.45, 2.75) is 0 Å². The molecule has 2 aromatic carbocycles. The number of nitrogens with zero attached hydrogens (tertiary/aromatic N) is 3. The smallest absolute Gasteiger partial charge is 0.288 e. The lowest BCUT2D eigenvalue weighted by Gasteiger charge is -2.07. The molecule has 0 saturated carbocycles. The molecule has 0 radical (unpaired) electrons. The molecule has 1 aromatic heterocycles. The van der Waals surface area contributed by atoms with Crippen LogP contribution in [-0.2, 0) is 0 Å². The monoisotopic (exact) mass is 328 g/mol. The zero-order valence-electron chi connectivity index (χ0n) is 12.2. The Morgan fingerprint density at radius 3 is 2.35 bits per heavy atom. The summed E-state index contributed by atoms with van der Waals surface area (Å²) in [4.78, 5) is 15.7. The summed E-state index contributed by atoms with van der Waals surface area (Å²) in [5.41, 5.74) is 6.80. The molecule has 0 aliphatic carbocycles. The van der Waals surface area contributed by atoms with Crippen molar-refractivity contribution in [3.63, 3.8) is 0 Å². The minimum atomic E-state index is -0.688. The van der Waals surface area contributed by atoms with Crippen molar-refractivity contribution in [2.24, 2.45) is 5.73 Å². The van der Waals surface area contributed by atoms with Crippen LogP contribution in [-0.4, -0.2) is 27.8 Å². The summed E-state index contributed by atoms with van der Waals surface area (Å²) in [6.45, 7) is 0. The fraction of sp³-hybridized carbons (Fsp3) is 0.0625. The van der Waals surface area contributed by atoms with Crippen LogP contribution < -0.4 is 10.5 Å². The van der Waals surface area contributed by atoms with Gasteiger partial charge in [0.1, 0.15) is 5.75 Å². The summed E-state index contributed by atoms with van der Waals surface area (Å²) in [5, 5.41) is 4.80. The third-order valence-electron chi connectivity index (χ3n) is 3.25. The average Bonchev–Trinajstić information content (AvgIpc) is 3.01. The highest BCUT2D eigenvalue weighted by Crippen LogP contribution is 2.24. The van der Waals surface area contributed by atoms with Gasteiger partial charge in [-0.25, -0.2) is 9.67 Å². The van der Waals surface area contributed by atoms with Gasteiger partial charge in [0.25, 0.3) is 5.91 Å². The molecule has 0 bridgehead atoms. The zero-order valence-corrected chi connectivity index (χ0v) is 13.0. The van der Waals surface area contributed by atoms with Crippen LogP contribution >= 0.6 is 11.6 Å². The second-order valence-electron chi connectivity index (χ2n) is 4.74. The highest BCUT2D eigenvalue weighted by Gasteiger charge is 2.16. The van der Waals surface area contributed by atoms with Crippen molar-refractivity contribution in [1.29, 1.82) is 0 Å². The maximum Gasteiger partial charge on any atom is 0.288 e. The predicted octanol–water partition coefficient (Wildman–Crippen LogP) is 2.70. The van der Waals surface area contributed by atoms with E-state index in [1.54, 1.807) is 48.2 Å². The first-order valence-electron chi connectivity index (χ1n) is 6.75. The Morgan fingerprint density at radius 1 is 1.13 bits per heavy atom. The maximum absolute atomic E-state index is 11.4. The quantitative estimate of drug-likeness (QED) is 0.798. The highest BCUT2D eigenvalue weighted by molar-refractivity contribution is 6.30. The number of methoxy groups -OCH3 is 1. The summed E-state index contributed by atoms with van der Waals surface area (Å²) in [5.74, 6) is 0.482. The summed E-state index contributed by atoms with van der Waals surface area (Å²) < 4.78 is 6.70. The Morgan fingerprint density at radius 2 is 1.78 bits per heavy atom. The van der Waals surface area contributed by atoms with Crippen LogP contribution in [0.5, 0.6) is 5.75 Å². The molecule has 3 rings (SSSR count). The number of carbonyl (C=O) groups is 1. The van der Waals surface area contributed by atoms with E-state index in [2.05, 4.69) is 10.1 Å². The molecule has 23 heavy (non-hydrogen) atoms. The van der Waals surface area contributed by atoms with Crippen LogP contribution in [0.4, 0.5) is 0 Å². The topological polar surface area (TPSA) is 83.0 Å². The van der Waals surface area contributed by atoms with Crippen LogP contribution in [0.3, 0.4) is 0 Å². The van der Waals surface area contributed by atoms with Gasteiger partial charge in [-0.1, -0.05) is 11.6 Å². The normalized spacial score (nSPS) is 10.5. The van der Waals surface area contributed by atoms with Gasteiger partial charge in [-0.2, -0.15) is 0 Å². The average molecular weight is 329 g/mol. The van der Waals surface area contributed by atoms with Gasteiger partial charge in [0, 0.05) is 10.6 Å².